The number of ether oxygens (including phenoxy) is 2. The highest BCUT2D eigenvalue weighted by molar-refractivity contribution is 5.88. The van der Waals surface area contributed by atoms with Gasteiger partial charge in [-0.05, 0) is 56.2 Å². The highest BCUT2D eigenvalue weighted by Gasteiger charge is 2.12. The molecule has 0 saturated heterocycles. The Bertz CT molecular complexity index is 867. The second kappa shape index (κ2) is 11.7. The van der Waals surface area contributed by atoms with Crippen molar-refractivity contribution in [3.05, 3.63) is 53.6 Å². The molecule has 3 N–H and O–H groups in total. The van der Waals surface area contributed by atoms with E-state index < -0.39 is 0 Å². The fraction of sp³-hybridized carbons (Fsp3) is 0.391. The van der Waals surface area contributed by atoms with Crippen LogP contribution in [-0.2, 0) is 11.3 Å². The highest BCUT2D eigenvalue weighted by Crippen LogP contribution is 2.30. The smallest absolute Gasteiger partial charge is 0.221 e. The van der Waals surface area contributed by atoms with E-state index in [0.29, 0.717) is 25.7 Å². The summed E-state index contributed by atoms with van der Waals surface area (Å²) < 4.78 is 11.4. The number of rotatable bonds is 9. The van der Waals surface area contributed by atoms with Crippen molar-refractivity contribution in [2.24, 2.45) is 4.99 Å². The fourth-order valence-electron chi connectivity index (χ4n) is 2.97. The predicted octanol–water partition coefficient (Wildman–Crippen LogP) is 3.87. The molecule has 162 valence electrons. The van der Waals surface area contributed by atoms with Crippen molar-refractivity contribution >= 4 is 17.6 Å². The Labute approximate surface area is 178 Å². The van der Waals surface area contributed by atoms with E-state index in [1.165, 1.54) is 6.92 Å². The third-order valence-electron chi connectivity index (χ3n) is 4.35. The van der Waals surface area contributed by atoms with Crippen molar-refractivity contribution in [1.29, 1.82) is 0 Å². The van der Waals surface area contributed by atoms with E-state index in [9.17, 15) is 4.79 Å². The Balaban J connectivity index is 2.02. The van der Waals surface area contributed by atoms with E-state index in [1.54, 1.807) is 7.05 Å². The lowest BCUT2D eigenvalue weighted by Crippen LogP contribution is -2.38. The summed E-state index contributed by atoms with van der Waals surface area (Å²) in [5, 5.41) is 9.50. The minimum absolute atomic E-state index is 0.0109. The number of anilines is 1. The monoisotopic (exact) mass is 412 g/mol. The third-order valence-corrected chi connectivity index (χ3v) is 4.35. The zero-order valence-electron chi connectivity index (χ0n) is 18.4. The molecule has 0 radical (unpaired) electrons. The van der Waals surface area contributed by atoms with Crippen molar-refractivity contribution in [2.75, 3.05) is 25.6 Å². The van der Waals surface area contributed by atoms with Gasteiger partial charge in [0, 0.05) is 26.2 Å². The molecular formula is C23H32N4O3. The lowest BCUT2D eigenvalue weighted by molar-refractivity contribution is -0.114. The molecule has 0 heterocycles. The van der Waals surface area contributed by atoms with Gasteiger partial charge >= 0.3 is 0 Å². The van der Waals surface area contributed by atoms with Crippen LogP contribution in [0, 0.1) is 0 Å². The molecule has 1 unspecified atom stereocenters. The minimum Gasteiger partial charge on any atom is -0.490 e. The van der Waals surface area contributed by atoms with Crippen molar-refractivity contribution in [1.82, 2.24) is 10.6 Å². The van der Waals surface area contributed by atoms with Gasteiger partial charge in [-0.15, -0.1) is 0 Å². The number of hydrogen-bond acceptors (Lipinski definition) is 4. The Morgan fingerprint density at radius 1 is 1.07 bits per heavy atom. The van der Waals surface area contributed by atoms with Gasteiger partial charge in [0.05, 0.1) is 19.3 Å². The minimum atomic E-state index is -0.0896. The first kappa shape index (κ1) is 23.1. The van der Waals surface area contributed by atoms with Crippen molar-refractivity contribution in [2.45, 2.75) is 40.3 Å². The average molecular weight is 413 g/mol. The molecule has 7 nitrogen and oxygen atoms in total. The van der Waals surface area contributed by atoms with Crippen LogP contribution in [0.5, 0.6) is 11.5 Å². The van der Waals surface area contributed by atoms with E-state index in [2.05, 4.69) is 27.9 Å². The molecule has 2 aromatic carbocycles. The highest BCUT2D eigenvalue weighted by atomic mass is 16.5. The predicted molar refractivity (Wildman–Crippen MR) is 121 cm³/mol. The number of hydrogen-bond donors (Lipinski definition) is 3. The number of carbonyl (C=O) groups excluding carboxylic acids is 1. The van der Waals surface area contributed by atoms with Crippen molar-refractivity contribution in [3.63, 3.8) is 0 Å². The van der Waals surface area contributed by atoms with Gasteiger partial charge in [0.25, 0.3) is 0 Å². The Kier molecular flexibility index (Phi) is 9.00. The molecule has 30 heavy (non-hydrogen) atoms. The van der Waals surface area contributed by atoms with Crippen molar-refractivity contribution in [3.8, 4) is 11.5 Å². The summed E-state index contributed by atoms with van der Waals surface area (Å²) in [6.07, 6.45) is 0. The van der Waals surface area contributed by atoms with Crippen LogP contribution >= 0.6 is 0 Å². The summed E-state index contributed by atoms with van der Waals surface area (Å²) in [7, 11) is 1.74. The summed E-state index contributed by atoms with van der Waals surface area (Å²) in [5.74, 6) is 2.08. The molecule has 0 bridgehead atoms. The van der Waals surface area contributed by atoms with Gasteiger partial charge in [0.15, 0.2) is 17.5 Å². The SMILES string of the molecule is CCOc1ccc(C(C)NC(=NC)NCc2cccc(NC(C)=O)c2)cc1OCC. The number of nitrogens with zero attached hydrogens (tertiary/aromatic N) is 1. The standard InChI is InChI=1S/C23H32N4O3/c1-6-29-21-12-11-19(14-22(21)30-7-2)16(3)26-23(24-5)25-15-18-9-8-10-20(13-18)27-17(4)28/h8-14,16H,6-7,15H2,1-5H3,(H,27,28)(H2,24,25,26). The molecule has 7 heteroatoms. The van der Waals surface area contributed by atoms with Gasteiger partial charge in [-0.25, -0.2) is 0 Å². The molecule has 2 rings (SSSR count). The van der Waals surface area contributed by atoms with Crippen LogP contribution in [0.1, 0.15) is 44.9 Å². The zero-order chi connectivity index (χ0) is 21.9. The molecule has 0 saturated carbocycles. The molecule has 0 fully saturated rings. The van der Waals surface area contributed by atoms with E-state index in [0.717, 1.165) is 28.3 Å². The van der Waals surface area contributed by atoms with E-state index in [4.69, 9.17) is 9.47 Å². The van der Waals surface area contributed by atoms with Gasteiger partial charge in [0.2, 0.25) is 5.91 Å². The number of benzene rings is 2. The maximum absolute atomic E-state index is 11.2. The summed E-state index contributed by atoms with van der Waals surface area (Å²) in [6, 6.07) is 13.7. The van der Waals surface area contributed by atoms with Crippen LogP contribution in [0.3, 0.4) is 0 Å². The summed E-state index contributed by atoms with van der Waals surface area (Å²) >= 11 is 0. The normalized spacial score (nSPS) is 12.1. The van der Waals surface area contributed by atoms with Crippen LogP contribution in [-0.4, -0.2) is 32.1 Å². The first-order valence-electron chi connectivity index (χ1n) is 10.2. The first-order chi connectivity index (χ1) is 14.5. The molecular weight excluding hydrogens is 380 g/mol. The van der Waals surface area contributed by atoms with Crippen LogP contribution in [0.4, 0.5) is 5.69 Å². The summed E-state index contributed by atoms with van der Waals surface area (Å²) in [4.78, 5) is 15.6. The van der Waals surface area contributed by atoms with Crippen LogP contribution in [0.15, 0.2) is 47.5 Å². The molecule has 1 atom stereocenters. The Hall–Kier alpha value is -3.22. The molecule has 0 aliphatic rings. The van der Waals surface area contributed by atoms with Crippen molar-refractivity contribution < 1.29 is 14.3 Å². The largest absolute Gasteiger partial charge is 0.490 e. The van der Waals surface area contributed by atoms with Crippen LogP contribution < -0.4 is 25.4 Å². The number of guanidine groups is 1. The lowest BCUT2D eigenvalue weighted by atomic mass is 10.1. The molecule has 1 amide bonds. The van der Waals surface area contributed by atoms with E-state index in [-0.39, 0.29) is 11.9 Å². The molecule has 0 aromatic heterocycles. The Morgan fingerprint density at radius 3 is 2.47 bits per heavy atom. The molecule has 0 aliphatic heterocycles. The number of nitrogens with one attached hydrogen (secondary N) is 3. The molecule has 0 aliphatic carbocycles. The number of amides is 1. The van der Waals surface area contributed by atoms with Gasteiger partial charge in [-0.1, -0.05) is 18.2 Å². The molecule has 2 aromatic rings. The summed E-state index contributed by atoms with van der Waals surface area (Å²) in [6.45, 7) is 9.21. The zero-order valence-corrected chi connectivity index (χ0v) is 18.4. The first-order valence-corrected chi connectivity index (χ1v) is 10.2. The Morgan fingerprint density at radius 2 is 1.80 bits per heavy atom. The number of aliphatic imine (C=N–C) groups is 1. The summed E-state index contributed by atoms with van der Waals surface area (Å²) in [5.41, 5.74) is 2.88. The topological polar surface area (TPSA) is 84.0 Å². The maximum Gasteiger partial charge on any atom is 0.221 e. The second-order valence-corrected chi connectivity index (χ2v) is 6.75. The van der Waals surface area contributed by atoms with Gasteiger partial charge in [-0.3, -0.25) is 9.79 Å². The molecule has 0 spiro atoms. The van der Waals surface area contributed by atoms with E-state index in [1.807, 2.05) is 56.3 Å². The second-order valence-electron chi connectivity index (χ2n) is 6.75. The number of carbonyl (C=O) groups is 1. The fourth-order valence-corrected chi connectivity index (χ4v) is 2.97. The third kappa shape index (κ3) is 6.99. The van der Waals surface area contributed by atoms with Crippen LogP contribution in [0.2, 0.25) is 0 Å². The van der Waals surface area contributed by atoms with E-state index >= 15 is 0 Å². The quantitative estimate of drug-likeness (QED) is 0.430. The van der Waals surface area contributed by atoms with Crippen LogP contribution in [0.25, 0.3) is 0 Å². The van der Waals surface area contributed by atoms with Gasteiger partial charge < -0.3 is 25.4 Å². The van der Waals surface area contributed by atoms with Gasteiger partial charge in [0.1, 0.15) is 0 Å². The average Bonchev–Trinajstić information content (AvgIpc) is 2.72. The lowest BCUT2D eigenvalue weighted by Gasteiger charge is -2.20. The maximum atomic E-state index is 11.2. The van der Waals surface area contributed by atoms with Gasteiger partial charge in [-0.2, -0.15) is 0 Å².